The molecule has 1 aromatic carbocycles. The number of morpholine rings is 1. The zero-order chi connectivity index (χ0) is 26.5. The van der Waals surface area contributed by atoms with Gasteiger partial charge in [0.1, 0.15) is 17.0 Å². The maximum atomic E-state index is 13.4. The number of pyridine rings is 1. The zero-order valence-corrected chi connectivity index (χ0v) is 22.8. The summed E-state index contributed by atoms with van der Waals surface area (Å²) in [5.41, 5.74) is 1.31. The molecule has 1 amide bonds. The van der Waals surface area contributed by atoms with E-state index < -0.39 is 15.7 Å². The van der Waals surface area contributed by atoms with Gasteiger partial charge in [0.05, 0.1) is 31.2 Å². The Morgan fingerprint density at radius 3 is 2.53 bits per heavy atom. The highest BCUT2D eigenvalue weighted by molar-refractivity contribution is 7.90. The van der Waals surface area contributed by atoms with E-state index in [1.54, 1.807) is 23.2 Å². The monoisotopic (exact) mass is 558 g/mol. The molecule has 0 radical (unpaired) electrons. The molecule has 4 heterocycles. The Hall–Kier alpha value is -3.13. The predicted molar refractivity (Wildman–Crippen MR) is 146 cm³/mol. The number of rotatable bonds is 9. The average molecular weight is 559 g/mol. The molecule has 2 aliphatic heterocycles. The molecular weight excluding hydrogens is 528 g/mol. The first-order valence-electron chi connectivity index (χ1n) is 12.5. The maximum Gasteiger partial charge on any atom is 0.278 e. The summed E-state index contributed by atoms with van der Waals surface area (Å²) in [6.45, 7) is 5.79. The number of sulfone groups is 1. The van der Waals surface area contributed by atoms with Crippen molar-refractivity contribution in [3.63, 3.8) is 0 Å². The van der Waals surface area contributed by atoms with Gasteiger partial charge in [0.15, 0.2) is 20.7 Å². The Morgan fingerprint density at radius 2 is 1.82 bits per heavy atom. The molecular formula is C25H30N6O5S2. The highest BCUT2D eigenvalue weighted by Gasteiger charge is 2.21. The molecule has 0 saturated carbocycles. The summed E-state index contributed by atoms with van der Waals surface area (Å²) in [5.74, 6) is 0.0727. The van der Waals surface area contributed by atoms with Crippen molar-refractivity contribution in [2.24, 2.45) is 5.10 Å². The van der Waals surface area contributed by atoms with Crippen molar-refractivity contribution in [2.75, 3.05) is 64.1 Å². The fourth-order valence-electron chi connectivity index (χ4n) is 4.27. The number of benzene rings is 1. The number of thiazole rings is 1. The number of aromatic nitrogens is 2. The Bertz CT molecular complexity index is 1410. The molecule has 202 valence electrons. The molecule has 0 spiro atoms. The van der Waals surface area contributed by atoms with Crippen molar-refractivity contribution in [1.82, 2.24) is 19.9 Å². The molecule has 0 aliphatic carbocycles. The molecule has 0 atom stereocenters. The van der Waals surface area contributed by atoms with E-state index in [-0.39, 0.29) is 10.6 Å². The summed E-state index contributed by atoms with van der Waals surface area (Å²) < 4.78 is 35.0. The molecule has 2 fully saturated rings. The Balaban J connectivity index is 1.32. The van der Waals surface area contributed by atoms with E-state index in [1.807, 2.05) is 6.07 Å². The predicted octanol–water partition coefficient (Wildman–Crippen LogP) is 2.24. The van der Waals surface area contributed by atoms with Gasteiger partial charge in [-0.1, -0.05) is 23.5 Å². The van der Waals surface area contributed by atoms with Crippen LogP contribution in [0, 0.1) is 0 Å². The first kappa shape index (κ1) is 26.5. The van der Waals surface area contributed by atoms with Crippen LogP contribution in [0.3, 0.4) is 0 Å². The van der Waals surface area contributed by atoms with Gasteiger partial charge >= 0.3 is 0 Å². The lowest BCUT2D eigenvalue weighted by Crippen LogP contribution is -2.35. The SMILES string of the molecule is CS(=O)(=O)c1ccc(/C(=N\N2CCOCC2)C(=O)Nc2nc3ccc(OCCN4CCCC4)nc3s2)cc1. The summed E-state index contributed by atoms with van der Waals surface area (Å²) >= 11 is 1.25. The first-order chi connectivity index (χ1) is 18.3. The van der Waals surface area contributed by atoms with Crippen molar-refractivity contribution in [2.45, 2.75) is 17.7 Å². The number of nitrogens with zero attached hydrogens (tertiary/aromatic N) is 5. The molecule has 0 unspecified atom stereocenters. The van der Waals surface area contributed by atoms with Gasteiger partial charge in [-0.3, -0.25) is 20.0 Å². The Labute approximate surface area is 225 Å². The number of likely N-dealkylation sites (tertiary alicyclic amines) is 1. The number of carbonyl (C=O) groups is 1. The first-order valence-corrected chi connectivity index (χ1v) is 15.2. The molecule has 2 saturated heterocycles. The van der Waals surface area contributed by atoms with Crippen molar-refractivity contribution < 1.29 is 22.7 Å². The van der Waals surface area contributed by atoms with Gasteiger partial charge in [0.25, 0.3) is 5.91 Å². The van der Waals surface area contributed by atoms with Crippen LogP contribution in [0.1, 0.15) is 18.4 Å². The van der Waals surface area contributed by atoms with E-state index in [9.17, 15) is 13.2 Å². The quantitative estimate of drug-likeness (QED) is 0.394. The Morgan fingerprint density at radius 1 is 1.08 bits per heavy atom. The van der Waals surface area contributed by atoms with E-state index in [0.717, 1.165) is 25.9 Å². The van der Waals surface area contributed by atoms with Crippen LogP contribution in [0.2, 0.25) is 0 Å². The minimum absolute atomic E-state index is 0.158. The van der Waals surface area contributed by atoms with Crippen molar-refractivity contribution in [3.05, 3.63) is 42.0 Å². The fourth-order valence-corrected chi connectivity index (χ4v) is 5.72. The third-order valence-electron chi connectivity index (χ3n) is 6.31. The second-order valence-electron chi connectivity index (χ2n) is 9.16. The number of nitrogens with one attached hydrogen (secondary N) is 1. The second kappa shape index (κ2) is 11.7. The zero-order valence-electron chi connectivity index (χ0n) is 21.1. The third kappa shape index (κ3) is 6.65. The minimum atomic E-state index is -3.37. The number of hydrazone groups is 1. The second-order valence-corrected chi connectivity index (χ2v) is 12.1. The molecule has 0 bridgehead atoms. The van der Waals surface area contributed by atoms with E-state index in [1.165, 1.54) is 36.3 Å². The topological polar surface area (TPSA) is 126 Å². The van der Waals surface area contributed by atoms with Crippen LogP contribution in [-0.4, -0.2) is 98.7 Å². The lowest BCUT2D eigenvalue weighted by atomic mass is 10.1. The number of carbonyl (C=O) groups excluding carboxylic acids is 1. The van der Waals surface area contributed by atoms with Gasteiger partial charge in [-0.15, -0.1) is 0 Å². The van der Waals surface area contributed by atoms with Gasteiger partial charge in [-0.25, -0.2) is 18.4 Å². The number of fused-ring (bicyclic) bond motifs is 1. The van der Waals surface area contributed by atoms with Gasteiger partial charge < -0.3 is 9.47 Å². The number of anilines is 1. The van der Waals surface area contributed by atoms with Crippen molar-refractivity contribution in [1.29, 1.82) is 0 Å². The molecule has 38 heavy (non-hydrogen) atoms. The van der Waals surface area contributed by atoms with Crippen molar-refractivity contribution in [3.8, 4) is 5.88 Å². The van der Waals surface area contributed by atoms with Crippen LogP contribution in [-0.2, 0) is 19.4 Å². The lowest BCUT2D eigenvalue weighted by molar-refractivity contribution is -0.110. The number of hydrogen-bond donors (Lipinski definition) is 1. The van der Waals surface area contributed by atoms with E-state index in [2.05, 4.69) is 25.3 Å². The van der Waals surface area contributed by atoms with Gasteiger partial charge in [0, 0.05) is 24.4 Å². The normalized spacial score (nSPS) is 17.2. The van der Waals surface area contributed by atoms with Gasteiger partial charge in [-0.05, 0) is 44.1 Å². The van der Waals surface area contributed by atoms with Crippen LogP contribution in [0.5, 0.6) is 5.88 Å². The molecule has 1 N–H and O–H groups in total. The summed E-state index contributed by atoms with van der Waals surface area (Å²) in [5, 5.41) is 9.57. The summed E-state index contributed by atoms with van der Waals surface area (Å²) in [6.07, 6.45) is 3.62. The van der Waals surface area contributed by atoms with Crippen molar-refractivity contribution >= 4 is 48.3 Å². The average Bonchev–Trinajstić information content (AvgIpc) is 3.57. The molecule has 11 nitrogen and oxygen atoms in total. The number of amides is 1. The Kier molecular flexibility index (Phi) is 8.17. The van der Waals surface area contributed by atoms with E-state index in [4.69, 9.17) is 9.47 Å². The maximum absolute atomic E-state index is 13.4. The smallest absolute Gasteiger partial charge is 0.278 e. The highest BCUT2D eigenvalue weighted by atomic mass is 32.2. The number of ether oxygens (including phenoxy) is 2. The van der Waals surface area contributed by atoms with Gasteiger partial charge in [-0.2, -0.15) is 5.10 Å². The van der Waals surface area contributed by atoms with Crippen LogP contribution in [0.25, 0.3) is 10.3 Å². The number of hydrogen-bond acceptors (Lipinski definition) is 11. The molecule has 2 aromatic heterocycles. The van der Waals surface area contributed by atoms with Crippen LogP contribution in [0.15, 0.2) is 46.4 Å². The molecule has 5 rings (SSSR count). The third-order valence-corrected chi connectivity index (χ3v) is 8.32. The molecule has 2 aliphatic rings. The van der Waals surface area contributed by atoms with Gasteiger partial charge in [0.2, 0.25) is 5.88 Å². The lowest BCUT2D eigenvalue weighted by Gasteiger charge is -2.24. The highest BCUT2D eigenvalue weighted by Crippen LogP contribution is 2.26. The summed E-state index contributed by atoms with van der Waals surface area (Å²) in [4.78, 5) is 25.6. The van der Waals surface area contributed by atoms with E-state index >= 15 is 0 Å². The summed E-state index contributed by atoms with van der Waals surface area (Å²) in [7, 11) is -3.37. The molecule has 13 heteroatoms. The largest absolute Gasteiger partial charge is 0.476 e. The summed E-state index contributed by atoms with van der Waals surface area (Å²) in [6, 6.07) is 9.72. The minimum Gasteiger partial charge on any atom is -0.476 e. The van der Waals surface area contributed by atoms with E-state index in [0.29, 0.717) is 59.8 Å². The van der Waals surface area contributed by atoms with Crippen LogP contribution in [0.4, 0.5) is 5.13 Å². The fraction of sp³-hybridized carbons (Fsp3) is 0.440. The molecule has 3 aromatic rings. The van der Waals surface area contributed by atoms with Crippen LogP contribution >= 0.6 is 11.3 Å². The standard InChI is InChI=1S/C25H30N6O5S2/c1-38(33,34)19-6-4-18(5-7-19)22(29-31-13-15-35-16-14-31)23(32)28-25-26-20-8-9-21(27-24(20)37-25)36-17-12-30-10-2-3-11-30/h4-9H,2-3,10-17H2,1H3,(H,26,28,32)/b29-22+. The van der Waals surface area contributed by atoms with Crippen LogP contribution < -0.4 is 10.1 Å².